The highest BCUT2D eigenvalue weighted by Gasteiger charge is 2.16. The fraction of sp³-hybridized carbons (Fsp3) is 0.316. The zero-order valence-corrected chi connectivity index (χ0v) is 17.2. The summed E-state index contributed by atoms with van der Waals surface area (Å²) >= 11 is 6.03. The first-order valence-electron chi connectivity index (χ1n) is 8.29. The SMILES string of the molecule is Cc1ccc(NS(=O)(=O)c2ccc(OCC(=O)NC(C)(C)C)cc2)cc1Cl. The number of nitrogens with one attached hydrogen (secondary N) is 2. The Hall–Kier alpha value is -2.25. The summed E-state index contributed by atoms with van der Waals surface area (Å²) < 4.78 is 32.8. The molecule has 0 bridgehead atoms. The van der Waals surface area contributed by atoms with Crippen molar-refractivity contribution >= 4 is 33.2 Å². The molecule has 2 N–H and O–H groups in total. The van der Waals surface area contributed by atoms with Gasteiger partial charge >= 0.3 is 0 Å². The van der Waals surface area contributed by atoms with E-state index in [0.29, 0.717) is 16.5 Å². The summed E-state index contributed by atoms with van der Waals surface area (Å²) in [4.78, 5) is 11.8. The van der Waals surface area contributed by atoms with Crippen LogP contribution in [0.4, 0.5) is 5.69 Å². The van der Waals surface area contributed by atoms with E-state index < -0.39 is 10.0 Å². The quantitative estimate of drug-likeness (QED) is 0.759. The molecule has 0 heterocycles. The molecule has 0 aromatic heterocycles. The Bertz CT molecular complexity index is 920. The van der Waals surface area contributed by atoms with E-state index in [2.05, 4.69) is 10.0 Å². The smallest absolute Gasteiger partial charge is 0.261 e. The molecule has 0 aliphatic carbocycles. The second kappa shape index (κ2) is 8.19. The summed E-state index contributed by atoms with van der Waals surface area (Å²) in [5.41, 5.74) is 0.893. The van der Waals surface area contributed by atoms with Gasteiger partial charge in [0, 0.05) is 10.6 Å². The molecule has 0 saturated carbocycles. The third kappa shape index (κ3) is 6.45. The van der Waals surface area contributed by atoms with Gasteiger partial charge in [0.1, 0.15) is 5.75 Å². The zero-order chi connectivity index (χ0) is 20.2. The van der Waals surface area contributed by atoms with Gasteiger partial charge in [-0.25, -0.2) is 8.42 Å². The maximum atomic E-state index is 12.5. The number of ether oxygens (including phenoxy) is 1. The number of rotatable bonds is 6. The molecule has 8 heteroatoms. The Morgan fingerprint density at radius 2 is 1.74 bits per heavy atom. The van der Waals surface area contributed by atoms with Gasteiger partial charge < -0.3 is 10.1 Å². The Balaban J connectivity index is 2.02. The van der Waals surface area contributed by atoms with Crippen LogP contribution in [0.25, 0.3) is 0 Å². The van der Waals surface area contributed by atoms with Crippen molar-refractivity contribution < 1.29 is 17.9 Å². The van der Waals surface area contributed by atoms with Crippen LogP contribution in [0.3, 0.4) is 0 Å². The molecule has 0 aliphatic heterocycles. The minimum absolute atomic E-state index is 0.0747. The second-order valence-electron chi connectivity index (χ2n) is 7.13. The first kappa shape index (κ1) is 21.1. The fourth-order valence-corrected chi connectivity index (χ4v) is 3.42. The molecule has 2 aromatic carbocycles. The largest absolute Gasteiger partial charge is 0.484 e. The number of amides is 1. The van der Waals surface area contributed by atoms with E-state index in [1.165, 1.54) is 24.3 Å². The molecule has 2 rings (SSSR count). The van der Waals surface area contributed by atoms with Crippen molar-refractivity contribution in [3.05, 3.63) is 53.1 Å². The van der Waals surface area contributed by atoms with Crippen LogP contribution in [0.1, 0.15) is 26.3 Å². The number of anilines is 1. The van der Waals surface area contributed by atoms with E-state index in [1.54, 1.807) is 18.2 Å². The summed E-state index contributed by atoms with van der Waals surface area (Å²) in [7, 11) is -3.76. The fourth-order valence-electron chi connectivity index (χ4n) is 2.19. The van der Waals surface area contributed by atoms with Crippen molar-refractivity contribution in [1.29, 1.82) is 0 Å². The van der Waals surface area contributed by atoms with Crippen LogP contribution in [0.5, 0.6) is 5.75 Å². The topological polar surface area (TPSA) is 84.5 Å². The summed E-state index contributed by atoms with van der Waals surface area (Å²) in [6, 6.07) is 10.8. The van der Waals surface area contributed by atoms with Crippen LogP contribution in [-0.4, -0.2) is 26.5 Å². The third-order valence-electron chi connectivity index (χ3n) is 3.44. The van der Waals surface area contributed by atoms with Crippen molar-refractivity contribution in [3.8, 4) is 5.75 Å². The first-order chi connectivity index (χ1) is 12.5. The lowest BCUT2D eigenvalue weighted by Crippen LogP contribution is -2.43. The Morgan fingerprint density at radius 1 is 1.11 bits per heavy atom. The number of aryl methyl sites for hydroxylation is 1. The molecule has 2 aromatic rings. The first-order valence-corrected chi connectivity index (χ1v) is 10.2. The Labute approximate surface area is 164 Å². The minimum Gasteiger partial charge on any atom is -0.484 e. The van der Waals surface area contributed by atoms with E-state index in [4.69, 9.17) is 16.3 Å². The van der Waals surface area contributed by atoms with Crippen LogP contribution in [0.15, 0.2) is 47.4 Å². The van der Waals surface area contributed by atoms with Crippen LogP contribution in [-0.2, 0) is 14.8 Å². The molecule has 27 heavy (non-hydrogen) atoms. The number of hydrogen-bond acceptors (Lipinski definition) is 4. The lowest BCUT2D eigenvalue weighted by atomic mass is 10.1. The number of hydrogen-bond donors (Lipinski definition) is 2. The molecule has 6 nitrogen and oxygen atoms in total. The second-order valence-corrected chi connectivity index (χ2v) is 9.22. The highest BCUT2D eigenvalue weighted by atomic mass is 35.5. The number of halogens is 1. The number of benzene rings is 2. The van der Waals surface area contributed by atoms with Crippen molar-refractivity contribution in [2.75, 3.05) is 11.3 Å². The summed E-state index contributed by atoms with van der Waals surface area (Å²) in [6.45, 7) is 7.31. The lowest BCUT2D eigenvalue weighted by Gasteiger charge is -2.20. The molecule has 0 saturated heterocycles. The van der Waals surface area contributed by atoms with Crippen molar-refractivity contribution in [2.45, 2.75) is 38.1 Å². The van der Waals surface area contributed by atoms with Crippen LogP contribution < -0.4 is 14.8 Å². The zero-order valence-electron chi connectivity index (χ0n) is 15.7. The molecule has 1 amide bonds. The third-order valence-corrected chi connectivity index (χ3v) is 5.25. The molecule has 0 aliphatic rings. The molecule has 0 spiro atoms. The van der Waals surface area contributed by atoms with Gasteiger partial charge in [0.25, 0.3) is 15.9 Å². The van der Waals surface area contributed by atoms with Crippen LogP contribution in [0, 0.1) is 6.92 Å². The number of sulfonamides is 1. The average molecular weight is 411 g/mol. The van der Waals surface area contributed by atoms with E-state index in [9.17, 15) is 13.2 Å². The van der Waals surface area contributed by atoms with E-state index in [1.807, 2.05) is 27.7 Å². The molecular weight excluding hydrogens is 388 g/mol. The highest BCUT2D eigenvalue weighted by Crippen LogP contribution is 2.23. The molecule has 146 valence electrons. The van der Waals surface area contributed by atoms with Crippen LogP contribution >= 0.6 is 11.6 Å². The molecular formula is C19H23ClN2O4S. The van der Waals surface area contributed by atoms with E-state index in [-0.39, 0.29) is 22.9 Å². The maximum Gasteiger partial charge on any atom is 0.261 e. The van der Waals surface area contributed by atoms with E-state index in [0.717, 1.165) is 5.56 Å². The molecule has 0 radical (unpaired) electrons. The summed E-state index contributed by atoms with van der Waals surface area (Å²) in [6.07, 6.45) is 0. The predicted octanol–water partition coefficient (Wildman–Crippen LogP) is 3.74. The van der Waals surface area contributed by atoms with Gasteiger partial charge in [-0.05, 0) is 69.7 Å². The molecule has 0 atom stereocenters. The molecule has 0 unspecified atom stereocenters. The Kier molecular flexibility index (Phi) is 6.38. The Morgan fingerprint density at radius 3 is 2.30 bits per heavy atom. The standard InChI is InChI=1S/C19H23ClN2O4S/c1-13-5-6-14(11-17(13)20)22-27(24,25)16-9-7-15(8-10-16)26-12-18(23)21-19(2,3)4/h5-11,22H,12H2,1-4H3,(H,21,23). The van der Waals surface area contributed by atoms with Crippen molar-refractivity contribution in [3.63, 3.8) is 0 Å². The summed E-state index contributed by atoms with van der Waals surface area (Å²) in [5.74, 6) is 0.147. The predicted molar refractivity (Wildman–Crippen MR) is 107 cm³/mol. The maximum absolute atomic E-state index is 12.5. The van der Waals surface area contributed by atoms with Gasteiger partial charge in [0.2, 0.25) is 0 Å². The van der Waals surface area contributed by atoms with Gasteiger partial charge in [0.05, 0.1) is 10.6 Å². The van der Waals surface area contributed by atoms with Crippen LogP contribution in [0.2, 0.25) is 5.02 Å². The van der Waals surface area contributed by atoms with Gasteiger partial charge in [-0.15, -0.1) is 0 Å². The summed E-state index contributed by atoms with van der Waals surface area (Å²) in [5, 5.41) is 3.26. The van der Waals surface area contributed by atoms with Gasteiger partial charge in [-0.3, -0.25) is 9.52 Å². The van der Waals surface area contributed by atoms with Crippen molar-refractivity contribution in [2.24, 2.45) is 0 Å². The lowest BCUT2D eigenvalue weighted by molar-refractivity contribution is -0.124. The number of carbonyl (C=O) groups excluding carboxylic acids is 1. The van der Waals surface area contributed by atoms with Crippen molar-refractivity contribution in [1.82, 2.24) is 5.32 Å². The highest BCUT2D eigenvalue weighted by molar-refractivity contribution is 7.92. The molecule has 0 fully saturated rings. The van der Waals surface area contributed by atoms with Gasteiger partial charge in [0.15, 0.2) is 6.61 Å². The number of carbonyl (C=O) groups is 1. The van der Waals surface area contributed by atoms with E-state index >= 15 is 0 Å². The minimum atomic E-state index is -3.76. The monoisotopic (exact) mass is 410 g/mol. The normalized spacial score (nSPS) is 11.7. The van der Waals surface area contributed by atoms with Gasteiger partial charge in [-0.1, -0.05) is 17.7 Å². The van der Waals surface area contributed by atoms with Gasteiger partial charge in [-0.2, -0.15) is 0 Å². The average Bonchev–Trinajstić information content (AvgIpc) is 2.55.